The summed E-state index contributed by atoms with van der Waals surface area (Å²) in [6.45, 7) is 3.39. The molecule has 1 saturated heterocycles. The summed E-state index contributed by atoms with van der Waals surface area (Å²) in [5.41, 5.74) is -3.87. The van der Waals surface area contributed by atoms with E-state index in [1.165, 1.54) is 0 Å². The second-order valence-corrected chi connectivity index (χ2v) is 5.52. The Morgan fingerprint density at radius 1 is 1.26 bits per heavy atom. The second kappa shape index (κ2) is 4.57. The van der Waals surface area contributed by atoms with Crippen molar-refractivity contribution in [3.05, 3.63) is 0 Å². The number of alkyl halides is 3. The molecule has 8 heteroatoms. The van der Waals surface area contributed by atoms with Crippen LogP contribution < -0.4 is 5.11 Å². The molecule has 1 aliphatic rings. The highest BCUT2D eigenvalue weighted by Gasteiger charge is 2.60. The number of ether oxygens (including phenoxy) is 1. The van der Waals surface area contributed by atoms with Gasteiger partial charge >= 0.3 is 12.3 Å². The van der Waals surface area contributed by atoms with E-state index >= 15 is 0 Å². The van der Waals surface area contributed by atoms with Crippen LogP contribution in [0.4, 0.5) is 18.0 Å². The Morgan fingerprint density at radius 3 is 2.11 bits per heavy atom. The van der Waals surface area contributed by atoms with Crippen LogP contribution in [0.1, 0.15) is 27.2 Å². The first-order valence-corrected chi connectivity index (χ1v) is 5.65. The van der Waals surface area contributed by atoms with E-state index in [-0.39, 0.29) is 6.54 Å². The fraction of sp³-hybridized carbons (Fsp3) is 0.818. The van der Waals surface area contributed by atoms with Crippen LogP contribution in [-0.2, 0) is 9.53 Å². The van der Waals surface area contributed by atoms with Crippen LogP contribution in [0.25, 0.3) is 0 Å². The molecule has 0 aromatic carbocycles. The van der Waals surface area contributed by atoms with Gasteiger partial charge in [0.25, 0.3) is 0 Å². The van der Waals surface area contributed by atoms with Gasteiger partial charge in [-0.3, -0.25) is 0 Å². The zero-order valence-electron chi connectivity index (χ0n) is 10.8. The van der Waals surface area contributed by atoms with Crippen LogP contribution in [0.2, 0.25) is 0 Å². The van der Waals surface area contributed by atoms with Crippen molar-refractivity contribution in [2.45, 2.75) is 39.0 Å². The van der Waals surface area contributed by atoms with Gasteiger partial charge in [0, 0.05) is 13.1 Å². The van der Waals surface area contributed by atoms with E-state index in [0.29, 0.717) is 0 Å². The highest BCUT2D eigenvalue weighted by atomic mass is 19.4. The van der Waals surface area contributed by atoms with Crippen molar-refractivity contribution in [1.82, 2.24) is 4.90 Å². The standard InChI is InChI=1S/C11H16F3NO4/c1-9(2,3)19-8(18)15-5-4-10(6-15,7(16)17)11(12,13)14/h4-6H2,1-3H3,(H,16,17)/p-1. The zero-order chi connectivity index (χ0) is 15.1. The van der Waals surface area contributed by atoms with Crippen molar-refractivity contribution in [1.29, 1.82) is 0 Å². The molecule has 19 heavy (non-hydrogen) atoms. The Morgan fingerprint density at radius 2 is 1.79 bits per heavy atom. The van der Waals surface area contributed by atoms with E-state index in [2.05, 4.69) is 0 Å². The summed E-state index contributed by atoms with van der Waals surface area (Å²) in [6.07, 6.45) is -6.65. The first-order valence-electron chi connectivity index (χ1n) is 5.65. The van der Waals surface area contributed by atoms with Crippen molar-refractivity contribution in [2.75, 3.05) is 13.1 Å². The van der Waals surface area contributed by atoms with Crippen molar-refractivity contribution < 1.29 is 32.6 Å². The topological polar surface area (TPSA) is 69.7 Å². The highest BCUT2D eigenvalue weighted by Crippen LogP contribution is 2.45. The van der Waals surface area contributed by atoms with Gasteiger partial charge in [-0.1, -0.05) is 0 Å². The normalized spacial score (nSPS) is 24.4. The molecule has 1 rings (SSSR count). The second-order valence-electron chi connectivity index (χ2n) is 5.52. The number of amides is 1. The molecule has 1 fully saturated rings. The van der Waals surface area contributed by atoms with E-state index < -0.39 is 42.2 Å². The van der Waals surface area contributed by atoms with Gasteiger partial charge in [0.2, 0.25) is 0 Å². The molecular weight excluding hydrogens is 267 g/mol. The summed E-state index contributed by atoms with van der Waals surface area (Å²) in [6, 6.07) is 0. The highest BCUT2D eigenvalue weighted by molar-refractivity contribution is 5.77. The number of aliphatic carboxylic acids is 1. The Labute approximate surface area is 108 Å². The minimum atomic E-state index is -4.97. The Balaban J connectivity index is 2.87. The first-order chi connectivity index (χ1) is 8.39. The predicted octanol–water partition coefficient (Wildman–Crippen LogP) is 0.926. The van der Waals surface area contributed by atoms with E-state index in [4.69, 9.17) is 4.74 Å². The SMILES string of the molecule is CC(C)(C)OC(=O)N1CCC(C(=O)[O-])(C(F)(F)F)C1. The van der Waals surface area contributed by atoms with Gasteiger partial charge in [0.15, 0.2) is 0 Å². The summed E-state index contributed by atoms with van der Waals surface area (Å²) >= 11 is 0. The average Bonchev–Trinajstić information content (AvgIpc) is 2.58. The lowest BCUT2D eigenvalue weighted by Gasteiger charge is -2.32. The van der Waals surface area contributed by atoms with Gasteiger partial charge in [-0.2, -0.15) is 13.2 Å². The van der Waals surface area contributed by atoms with E-state index in [0.717, 1.165) is 4.90 Å². The number of likely N-dealkylation sites (tertiary alicyclic amines) is 1. The predicted molar refractivity (Wildman–Crippen MR) is 55.9 cm³/mol. The number of carbonyl (C=O) groups excluding carboxylic acids is 2. The maximum Gasteiger partial charge on any atom is 0.410 e. The van der Waals surface area contributed by atoms with Crippen LogP contribution in [0.3, 0.4) is 0 Å². The van der Waals surface area contributed by atoms with E-state index in [9.17, 15) is 27.9 Å². The first kappa shape index (κ1) is 15.6. The molecule has 1 aliphatic heterocycles. The van der Waals surface area contributed by atoms with Gasteiger partial charge in [0.1, 0.15) is 11.0 Å². The molecule has 5 nitrogen and oxygen atoms in total. The molecule has 1 unspecified atom stereocenters. The zero-order valence-corrected chi connectivity index (χ0v) is 10.8. The summed E-state index contributed by atoms with van der Waals surface area (Å²) in [5, 5.41) is 10.8. The number of carboxylic acid groups (broad SMARTS) is 1. The number of halogens is 3. The summed E-state index contributed by atoms with van der Waals surface area (Å²) < 4.78 is 43.4. The lowest BCUT2D eigenvalue weighted by molar-refractivity contribution is -0.341. The minimum Gasteiger partial charge on any atom is -0.549 e. The molecule has 0 radical (unpaired) electrons. The summed E-state index contributed by atoms with van der Waals surface area (Å²) in [4.78, 5) is 23.2. The molecule has 0 spiro atoms. The lowest BCUT2D eigenvalue weighted by Crippen LogP contribution is -2.54. The monoisotopic (exact) mass is 282 g/mol. The number of rotatable bonds is 1. The van der Waals surface area contributed by atoms with Crippen LogP contribution in [0.15, 0.2) is 0 Å². The van der Waals surface area contributed by atoms with Gasteiger partial charge in [0.05, 0.1) is 5.97 Å². The lowest BCUT2D eigenvalue weighted by atomic mass is 9.86. The summed E-state index contributed by atoms with van der Waals surface area (Å²) in [7, 11) is 0. The molecule has 1 atom stereocenters. The Hall–Kier alpha value is -1.47. The maximum absolute atomic E-state index is 12.8. The molecule has 1 heterocycles. The maximum atomic E-state index is 12.8. The van der Waals surface area contributed by atoms with Gasteiger partial charge < -0.3 is 19.5 Å². The van der Waals surface area contributed by atoms with E-state index in [1.807, 2.05) is 0 Å². The van der Waals surface area contributed by atoms with Gasteiger partial charge in [-0.25, -0.2) is 4.79 Å². The number of hydrogen-bond acceptors (Lipinski definition) is 4. The number of carbonyl (C=O) groups is 2. The quantitative estimate of drug-likeness (QED) is 0.717. The molecular formula is C11H15F3NO4-. The third kappa shape index (κ3) is 3.10. The van der Waals surface area contributed by atoms with Crippen LogP contribution in [0.5, 0.6) is 0 Å². The van der Waals surface area contributed by atoms with Crippen LogP contribution in [-0.4, -0.2) is 41.8 Å². The van der Waals surface area contributed by atoms with Crippen molar-refractivity contribution in [2.24, 2.45) is 5.41 Å². The fourth-order valence-electron chi connectivity index (χ4n) is 1.81. The molecule has 0 aromatic rings. The molecule has 0 saturated carbocycles. The van der Waals surface area contributed by atoms with Crippen molar-refractivity contribution in [3.8, 4) is 0 Å². The largest absolute Gasteiger partial charge is 0.549 e. The van der Waals surface area contributed by atoms with Crippen molar-refractivity contribution >= 4 is 12.1 Å². The fourth-order valence-corrected chi connectivity index (χ4v) is 1.81. The van der Waals surface area contributed by atoms with Crippen LogP contribution >= 0.6 is 0 Å². The minimum absolute atomic E-state index is 0.331. The molecule has 0 N–H and O–H groups in total. The van der Waals surface area contributed by atoms with Gasteiger partial charge in [-0.15, -0.1) is 0 Å². The smallest absolute Gasteiger partial charge is 0.410 e. The molecule has 110 valence electrons. The number of nitrogens with zero attached hydrogens (tertiary/aromatic N) is 1. The summed E-state index contributed by atoms with van der Waals surface area (Å²) in [5.74, 6) is -2.22. The number of carboxylic acids is 1. The van der Waals surface area contributed by atoms with E-state index in [1.54, 1.807) is 20.8 Å². The molecule has 1 amide bonds. The third-order valence-electron chi connectivity index (χ3n) is 2.85. The molecule has 0 aliphatic carbocycles. The Bertz CT molecular complexity index is 388. The van der Waals surface area contributed by atoms with Gasteiger partial charge in [-0.05, 0) is 27.2 Å². The Kier molecular flexibility index (Phi) is 3.75. The number of hydrogen-bond donors (Lipinski definition) is 0. The molecule has 0 bridgehead atoms. The third-order valence-corrected chi connectivity index (χ3v) is 2.85. The van der Waals surface area contributed by atoms with Crippen LogP contribution in [0, 0.1) is 5.41 Å². The molecule has 0 aromatic heterocycles. The van der Waals surface area contributed by atoms with Crippen molar-refractivity contribution in [3.63, 3.8) is 0 Å². The average molecular weight is 282 g/mol.